The minimum atomic E-state index is -1.05. The number of hydrogen-bond acceptors (Lipinski definition) is 4. The number of rotatable bonds is 6. The highest BCUT2D eigenvalue weighted by Crippen LogP contribution is 2.18. The third kappa shape index (κ3) is 4.01. The van der Waals surface area contributed by atoms with Crippen LogP contribution in [0.3, 0.4) is 0 Å². The molecule has 0 atom stereocenters. The number of anilines is 1. The van der Waals surface area contributed by atoms with Gasteiger partial charge in [-0.1, -0.05) is 30.3 Å². The Hall–Kier alpha value is -3.88. The van der Waals surface area contributed by atoms with Crippen molar-refractivity contribution in [3.8, 4) is 11.4 Å². The fourth-order valence-corrected chi connectivity index (χ4v) is 3.62. The summed E-state index contributed by atoms with van der Waals surface area (Å²) in [5.74, 6) is -1.58. The fraction of sp³-hybridized carbons (Fsp3) is 0.217. The van der Waals surface area contributed by atoms with Crippen LogP contribution in [0.1, 0.15) is 24.6 Å². The van der Waals surface area contributed by atoms with Crippen LogP contribution in [0.2, 0.25) is 0 Å². The van der Waals surface area contributed by atoms with Crippen molar-refractivity contribution in [2.75, 3.05) is 5.32 Å². The van der Waals surface area contributed by atoms with Gasteiger partial charge in [0.1, 0.15) is 0 Å². The van der Waals surface area contributed by atoms with Crippen LogP contribution in [0.15, 0.2) is 53.3 Å². The molecule has 9 heteroatoms. The minimum absolute atomic E-state index is 0.00939. The van der Waals surface area contributed by atoms with Gasteiger partial charge >= 0.3 is 0 Å². The van der Waals surface area contributed by atoms with E-state index in [2.05, 4.69) is 15.4 Å². The number of halogens is 2. The van der Waals surface area contributed by atoms with Crippen molar-refractivity contribution in [1.29, 1.82) is 0 Å². The Kier molecular flexibility index (Phi) is 5.81. The summed E-state index contributed by atoms with van der Waals surface area (Å²) >= 11 is 0. The van der Waals surface area contributed by atoms with E-state index in [-0.39, 0.29) is 24.1 Å². The number of carbonyl (C=O) groups excluding carboxylic acids is 1. The summed E-state index contributed by atoms with van der Waals surface area (Å²) in [6, 6.07) is 12.5. The van der Waals surface area contributed by atoms with Crippen molar-refractivity contribution in [2.24, 2.45) is 0 Å². The van der Waals surface area contributed by atoms with Gasteiger partial charge in [0.25, 0.3) is 5.56 Å². The summed E-state index contributed by atoms with van der Waals surface area (Å²) in [5.41, 5.74) is 1.76. The first kappa shape index (κ1) is 21.4. The van der Waals surface area contributed by atoms with Crippen LogP contribution >= 0.6 is 0 Å². The van der Waals surface area contributed by atoms with Gasteiger partial charge in [0.15, 0.2) is 17.5 Å². The molecule has 0 fully saturated rings. The normalized spacial score (nSPS) is 11.1. The summed E-state index contributed by atoms with van der Waals surface area (Å²) in [4.78, 5) is 30.0. The van der Waals surface area contributed by atoms with Crippen molar-refractivity contribution >= 4 is 17.4 Å². The molecule has 164 valence electrons. The molecule has 2 aromatic heterocycles. The minimum Gasteiger partial charge on any atom is -0.326 e. The molecule has 4 aromatic rings. The molecule has 7 nitrogen and oxygen atoms in total. The largest absolute Gasteiger partial charge is 0.326 e. The zero-order valence-electron chi connectivity index (χ0n) is 17.6. The Morgan fingerprint density at radius 1 is 1.09 bits per heavy atom. The molecule has 0 aliphatic carbocycles. The number of nitrogens with one attached hydrogen (secondary N) is 1. The lowest BCUT2D eigenvalue weighted by molar-refractivity contribution is -0.116. The number of fused-ring (bicyclic) bond motifs is 1. The fourth-order valence-electron chi connectivity index (χ4n) is 3.62. The molecule has 0 saturated carbocycles. The van der Waals surface area contributed by atoms with Crippen LogP contribution in [-0.2, 0) is 17.8 Å². The molecule has 0 unspecified atom stereocenters. The monoisotopic (exact) mass is 437 g/mol. The lowest BCUT2D eigenvalue weighted by Crippen LogP contribution is -2.27. The molecule has 1 N–H and O–H groups in total. The molecule has 1 amide bonds. The van der Waals surface area contributed by atoms with Crippen molar-refractivity contribution in [2.45, 2.75) is 33.2 Å². The van der Waals surface area contributed by atoms with Crippen LogP contribution in [0, 0.1) is 18.6 Å². The van der Waals surface area contributed by atoms with Crippen LogP contribution in [-0.4, -0.2) is 25.1 Å². The van der Waals surface area contributed by atoms with E-state index < -0.39 is 17.5 Å². The Morgan fingerprint density at radius 2 is 1.84 bits per heavy atom. The molecule has 2 heterocycles. The molecule has 0 bridgehead atoms. The lowest BCUT2D eigenvalue weighted by atomic mass is 10.1. The Balaban J connectivity index is 1.62. The van der Waals surface area contributed by atoms with Crippen molar-refractivity contribution in [3.63, 3.8) is 0 Å². The SMILES string of the molecule is CCn1c(C)c(CCC(=O)Nc2ccc(F)c(F)c2)c(=O)n2nc(-c3ccccc3)nc12. The Labute approximate surface area is 182 Å². The van der Waals surface area contributed by atoms with Gasteiger partial charge in [0.2, 0.25) is 11.7 Å². The number of benzene rings is 2. The van der Waals surface area contributed by atoms with Crippen molar-refractivity contribution < 1.29 is 13.6 Å². The highest BCUT2D eigenvalue weighted by atomic mass is 19.2. The van der Waals surface area contributed by atoms with Gasteiger partial charge in [0, 0.05) is 41.5 Å². The number of nitrogens with zero attached hydrogens (tertiary/aromatic N) is 4. The maximum absolute atomic E-state index is 13.4. The van der Waals surface area contributed by atoms with E-state index in [1.54, 1.807) is 0 Å². The quantitative estimate of drug-likeness (QED) is 0.498. The number of aryl methyl sites for hydroxylation is 1. The van der Waals surface area contributed by atoms with E-state index in [1.807, 2.05) is 48.7 Å². The molecule has 0 saturated heterocycles. The lowest BCUT2D eigenvalue weighted by Gasteiger charge is -2.13. The van der Waals surface area contributed by atoms with Gasteiger partial charge in [0.05, 0.1) is 0 Å². The van der Waals surface area contributed by atoms with E-state index in [0.717, 1.165) is 17.7 Å². The molecule has 0 radical (unpaired) electrons. The third-order valence-electron chi connectivity index (χ3n) is 5.28. The van der Waals surface area contributed by atoms with E-state index >= 15 is 0 Å². The van der Waals surface area contributed by atoms with Gasteiger partial charge in [-0.2, -0.15) is 9.50 Å². The van der Waals surface area contributed by atoms with Gasteiger partial charge in [-0.25, -0.2) is 8.78 Å². The summed E-state index contributed by atoms with van der Waals surface area (Å²) in [5, 5.41) is 6.92. The highest BCUT2D eigenvalue weighted by Gasteiger charge is 2.19. The molecule has 2 aromatic carbocycles. The average Bonchev–Trinajstić information content (AvgIpc) is 3.23. The molecule has 32 heavy (non-hydrogen) atoms. The average molecular weight is 437 g/mol. The zero-order valence-corrected chi connectivity index (χ0v) is 17.6. The molecule has 4 rings (SSSR count). The molecular formula is C23H21F2N5O2. The summed E-state index contributed by atoms with van der Waals surface area (Å²) in [6.45, 7) is 4.31. The van der Waals surface area contributed by atoms with Crippen LogP contribution in [0.5, 0.6) is 0 Å². The van der Waals surface area contributed by atoms with Gasteiger partial charge in [-0.15, -0.1) is 5.10 Å². The van der Waals surface area contributed by atoms with Crippen molar-refractivity contribution in [1.82, 2.24) is 19.2 Å². The number of carbonyl (C=O) groups is 1. The summed E-state index contributed by atoms with van der Waals surface area (Å²) < 4.78 is 29.6. The second-order valence-electron chi connectivity index (χ2n) is 7.30. The highest BCUT2D eigenvalue weighted by molar-refractivity contribution is 5.90. The van der Waals surface area contributed by atoms with E-state index in [9.17, 15) is 18.4 Å². The smallest absolute Gasteiger partial charge is 0.279 e. The first-order chi connectivity index (χ1) is 15.4. The van der Waals surface area contributed by atoms with Gasteiger partial charge in [-0.05, 0) is 32.4 Å². The maximum Gasteiger partial charge on any atom is 0.279 e. The zero-order chi connectivity index (χ0) is 22.8. The second kappa shape index (κ2) is 8.70. The number of amides is 1. The molecule has 0 aliphatic rings. The third-order valence-corrected chi connectivity index (χ3v) is 5.28. The standard InChI is InChI=1S/C23H21F2N5O2/c1-3-29-14(2)17(10-12-20(31)26-16-9-11-18(24)19(25)13-16)22(32)30-23(29)27-21(28-30)15-7-5-4-6-8-15/h4-9,11,13H,3,10,12H2,1-2H3,(H,26,31). The van der Waals surface area contributed by atoms with Crippen molar-refractivity contribution in [3.05, 3.63) is 81.8 Å². The maximum atomic E-state index is 13.4. The molecular weight excluding hydrogens is 416 g/mol. The van der Waals surface area contributed by atoms with Gasteiger partial charge < -0.3 is 9.88 Å². The van der Waals surface area contributed by atoms with E-state index in [1.165, 1.54) is 10.6 Å². The number of aromatic nitrogens is 4. The first-order valence-electron chi connectivity index (χ1n) is 10.2. The van der Waals surface area contributed by atoms with E-state index in [0.29, 0.717) is 29.4 Å². The summed E-state index contributed by atoms with van der Waals surface area (Å²) in [7, 11) is 0. The van der Waals surface area contributed by atoms with Gasteiger partial charge in [-0.3, -0.25) is 9.59 Å². The molecule has 0 spiro atoms. The Morgan fingerprint density at radius 3 is 2.53 bits per heavy atom. The predicted molar refractivity (Wildman–Crippen MR) is 116 cm³/mol. The first-order valence-corrected chi connectivity index (χ1v) is 10.2. The molecule has 0 aliphatic heterocycles. The van der Waals surface area contributed by atoms with E-state index in [4.69, 9.17) is 0 Å². The Bertz CT molecular complexity index is 1360. The predicted octanol–water partition coefficient (Wildman–Crippen LogP) is 3.74. The van der Waals surface area contributed by atoms with Crippen LogP contribution in [0.4, 0.5) is 14.5 Å². The topological polar surface area (TPSA) is 81.3 Å². The van der Waals surface area contributed by atoms with Crippen LogP contribution < -0.4 is 10.9 Å². The second-order valence-corrected chi connectivity index (χ2v) is 7.30. The summed E-state index contributed by atoms with van der Waals surface area (Å²) in [6.07, 6.45) is 0.154. The number of hydrogen-bond donors (Lipinski definition) is 1. The van der Waals surface area contributed by atoms with Crippen LogP contribution in [0.25, 0.3) is 17.2 Å².